The Hall–Kier alpha value is -2.03. The lowest BCUT2D eigenvalue weighted by Gasteiger charge is -2.13. The number of rotatable bonds is 5. The van der Waals surface area contributed by atoms with Crippen LogP contribution in [-0.2, 0) is 6.54 Å². The zero-order valence-corrected chi connectivity index (χ0v) is 11.2. The van der Waals surface area contributed by atoms with Crippen molar-refractivity contribution in [1.82, 2.24) is 0 Å². The van der Waals surface area contributed by atoms with Gasteiger partial charge in [-0.2, -0.15) is 0 Å². The molecule has 0 fully saturated rings. The lowest BCUT2D eigenvalue weighted by molar-refractivity contribution is 0.337. The highest BCUT2D eigenvalue weighted by Crippen LogP contribution is 2.21. The molecule has 2 aromatic rings. The number of hydrogen-bond donors (Lipinski definition) is 1. The third-order valence-electron chi connectivity index (χ3n) is 2.93. The molecule has 0 aliphatic carbocycles. The predicted molar refractivity (Wildman–Crippen MR) is 76.1 cm³/mol. The molecule has 2 rings (SSSR count). The topological polar surface area (TPSA) is 21.3 Å². The number of hydrogen-bond acceptors (Lipinski definition) is 2. The summed E-state index contributed by atoms with van der Waals surface area (Å²) < 4.78 is 18.6. The van der Waals surface area contributed by atoms with Gasteiger partial charge in [0.2, 0.25) is 0 Å². The zero-order chi connectivity index (χ0) is 13.7. The highest BCUT2D eigenvalue weighted by Gasteiger charge is 2.04. The van der Waals surface area contributed by atoms with Crippen LogP contribution >= 0.6 is 0 Å². The van der Waals surface area contributed by atoms with Gasteiger partial charge in [0.05, 0.1) is 6.61 Å². The minimum absolute atomic E-state index is 0.210. The molecule has 0 heterocycles. The summed E-state index contributed by atoms with van der Waals surface area (Å²) in [4.78, 5) is 0. The monoisotopic (exact) mass is 259 g/mol. The third kappa shape index (κ3) is 3.47. The second-order valence-corrected chi connectivity index (χ2v) is 4.35. The van der Waals surface area contributed by atoms with Gasteiger partial charge in [-0.05, 0) is 43.7 Å². The minimum Gasteiger partial charge on any atom is -0.494 e. The van der Waals surface area contributed by atoms with Gasteiger partial charge in [0.1, 0.15) is 11.6 Å². The fraction of sp³-hybridized carbons (Fsp3) is 0.250. The maximum Gasteiger partial charge on any atom is 0.124 e. The summed E-state index contributed by atoms with van der Waals surface area (Å²) in [7, 11) is 0. The Balaban J connectivity index is 2.10. The van der Waals surface area contributed by atoms with Gasteiger partial charge in [-0.3, -0.25) is 0 Å². The molecule has 0 saturated heterocycles. The van der Waals surface area contributed by atoms with Crippen molar-refractivity contribution in [3.63, 3.8) is 0 Å². The van der Waals surface area contributed by atoms with Crippen LogP contribution in [0.15, 0.2) is 42.5 Å². The molecule has 0 bridgehead atoms. The first-order chi connectivity index (χ1) is 9.20. The number of nitrogens with one attached hydrogen (secondary N) is 1. The summed E-state index contributed by atoms with van der Waals surface area (Å²) in [6.07, 6.45) is 0. The largest absolute Gasteiger partial charge is 0.494 e. The molecule has 0 radical (unpaired) electrons. The summed E-state index contributed by atoms with van der Waals surface area (Å²) in [5.74, 6) is 0.676. The van der Waals surface area contributed by atoms with E-state index in [0.717, 1.165) is 22.6 Å². The van der Waals surface area contributed by atoms with Crippen molar-refractivity contribution in [1.29, 1.82) is 0 Å². The summed E-state index contributed by atoms with van der Waals surface area (Å²) in [5.41, 5.74) is 2.93. The Morgan fingerprint density at radius 3 is 2.68 bits per heavy atom. The highest BCUT2D eigenvalue weighted by molar-refractivity contribution is 5.51. The third-order valence-corrected chi connectivity index (χ3v) is 2.93. The van der Waals surface area contributed by atoms with E-state index in [0.29, 0.717) is 13.2 Å². The van der Waals surface area contributed by atoms with E-state index >= 15 is 0 Å². The van der Waals surface area contributed by atoms with E-state index in [-0.39, 0.29) is 5.82 Å². The van der Waals surface area contributed by atoms with E-state index in [1.165, 1.54) is 12.1 Å². The van der Waals surface area contributed by atoms with Crippen LogP contribution in [0.1, 0.15) is 18.1 Å². The van der Waals surface area contributed by atoms with Crippen LogP contribution in [0.3, 0.4) is 0 Å². The lowest BCUT2D eigenvalue weighted by atomic mass is 10.1. The predicted octanol–water partition coefficient (Wildman–Crippen LogP) is 4.14. The fourth-order valence-corrected chi connectivity index (χ4v) is 1.96. The normalized spacial score (nSPS) is 10.3. The van der Waals surface area contributed by atoms with E-state index in [4.69, 9.17) is 4.74 Å². The molecule has 1 N–H and O–H groups in total. The molecule has 0 spiro atoms. The Morgan fingerprint density at radius 1 is 1.16 bits per heavy atom. The number of halogens is 1. The van der Waals surface area contributed by atoms with Crippen molar-refractivity contribution in [2.75, 3.05) is 11.9 Å². The van der Waals surface area contributed by atoms with Crippen LogP contribution in [0.5, 0.6) is 5.75 Å². The Labute approximate surface area is 113 Å². The summed E-state index contributed by atoms with van der Waals surface area (Å²) >= 11 is 0. The first-order valence-corrected chi connectivity index (χ1v) is 6.41. The van der Waals surface area contributed by atoms with Gasteiger partial charge in [0, 0.05) is 17.8 Å². The Morgan fingerprint density at radius 2 is 1.95 bits per heavy atom. The molecule has 100 valence electrons. The number of aryl methyl sites for hydroxylation is 1. The van der Waals surface area contributed by atoms with Gasteiger partial charge in [-0.15, -0.1) is 0 Å². The molecule has 19 heavy (non-hydrogen) atoms. The van der Waals surface area contributed by atoms with Crippen LogP contribution in [0, 0.1) is 12.7 Å². The minimum atomic E-state index is -0.210. The molecule has 0 amide bonds. The fourth-order valence-electron chi connectivity index (χ4n) is 1.96. The SMILES string of the molecule is CCOc1ccccc1CNc1ccc(F)cc1C. The molecule has 0 aromatic heterocycles. The molecule has 2 aromatic carbocycles. The van der Waals surface area contributed by atoms with Gasteiger partial charge in [-0.1, -0.05) is 18.2 Å². The van der Waals surface area contributed by atoms with Crippen LogP contribution in [0.2, 0.25) is 0 Å². The highest BCUT2D eigenvalue weighted by atomic mass is 19.1. The van der Waals surface area contributed by atoms with E-state index < -0.39 is 0 Å². The van der Waals surface area contributed by atoms with E-state index in [9.17, 15) is 4.39 Å². The van der Waals surface area contributed by atoms with Crippen molar-refractivity contribution in [2.45, 2.75) is 20.4 Å². The summed E-state index contributed by atoms with van der Waals surface area (Å²) in [5, 5.41) is 3.31. The molecule has 0 aliphatic heterocycles. The second-order valence-electron chi connectivity index (χ2n) is 4.35. The quantitative estimate of drug-likeness (QED) is 0.871. The van der Waals surface area contributed by atoms with Crippen LogP contribution < -0.4 is 10.1 Å². The molecule has 0 saturated carbocycles. The standard InChI is InChI=1S/C16H18FNO/c1-3-19-16-7-5-4-6-13(16)11-18-15-9-8-14(17)10-12(15)2/h4-10,18H,3,11H2,1-2H3. The van der Waals surface area contributed by atoms with Crippen LogP contribution in [0.25, 0.3) is 0 Å². The van der Waals surface area contributed by atoms with Crippen LogP contribution in [0.4, 0.5) is 10.1 Å². The average molecular weight is 259 g/mol. The molecule has 0 atom stereocenters. The second kappa shape index (κ2) is 6.23. The maximum atomic E-state index is 13.0. The Kier molecular flexibility index (Phi) is 4.39. The van der Waals surface area contributed by atoms with Gasteiger partial charge in [0.25, 0.3) is 0 Å². The van der Waals surface area contributed by atoms with Crippen molar-refractivity contribution in [2.24, 2.45) is 0 Å². The number of anilines is 1. The van der Waals surface area contributed by atoms with Crippen molar-refractivity contribution >= 4 is 5.69 Å². The van der Waals surface area contributed by atoms with Gasteiger partial charge < -0.3 is 10.1 Å². The van der Waals surface area contributed by atoms with E-state index in [1.807, 2.05) is 38.1 Å². The first-order valence-electron chi connectivity index (χ1n) is 6.41. The van der Waals surface area contributed by atoms with Gasteiger partial charge in [-0.25, -0.2) is 4.39 Å². The van der Waals surface area contributed by atoms with Gasteiger partial charge in [0.15, 0.2) is 0 Å². The average Bonchev–Trinajstić information content (AvgIpc) is 2.40. The van der Waals surface area contributed by atoms with Crippen molar-refractivity contribution < 1.29 is 9.13 Å². The smallest absolute Gasteiger partial charge is 0.124 e. The summed E-state index contributed by atoms with van der Waals surface area (Å²) in [6, 6.07) is 12.7. The number of ether oxygens (including phenoxy) is 1. The molecular weight excluding hydrogens is 241 g/mol. The maximum absolute atomic E-state index is 13.0. The van der Waals surface area contributed by atoms with Crippen molar-refractivity contribution in [3.8, 4) is 5.75 Å². The molecule has 0 unspecified atom stereocenters. The number of benzene rings is 2. The summed E-state index contributed by atoms with van der Waals surface area (Å²) in [6.45, 7) is 5.16. The zero-order valence-electron chi connectivity index (χ0n) is 11.2. The molecule has 3 heteroatoms. The number of para-hydroxylation sites is 1. The molecular formula is C16H18FNO. The van der Waals surface area contributed by atoms with Crippen molar-refractivity contribution in [3.05, 3.63) is 59.4 Å². The molecule has 2 nitrogen and oxygen atoms in total. The lowest BCUT2D eigenvalue weighted by Crippen LogP contribution is -2.04. The molecule has 0 aliphatic rings. The van der Waals surface area contributed by atoms with E-state index in [1.54, 1.807) is 6.07 Å². The first kappa shape index (κ1) is 13.4. The van der Waals surface area contributed by atoms with E-state index in [2.05, 4.69) is 5.32 Å². The van der Waals surface area contributed by atoms with Crippen LogP contribution in [-0.4, -0.2) is 6.61 Å². The Bertz CT molecular complexity index is 554. The van der Waals surface area contributed by atoms with Gasteiger partial charge >= 0.3 is 0 Å².